The van der Waals surface area contributed by atoms with Gasteiger partial charge in [-0.25, -0.2) is 0 Å². The second kappa shape index (κ2) is 9.48. The highest BCUT2D eigenvalue weighted by atomic mass is 16.4. The summed E-state index contributed by atoms with van der Waals surface area (Å²) in [4.78, 5) is 35.0. The first-order valence-corrected chi connectivity index (χ1v) is 8.45. The van der Waals surface area contributed by atoms with E-state index in [9.17, 15) is 14.4 Å². The van der Waals surface area contributed by atoms with Crippen LogP contribution in [-0.2, 0) is 4.79 Å². The van der Waals surface area contributed by atoms with Crippen molar-refractivity contribution in [2.75, 3.05) is 6.54 Å². The molecule has 0 saturated carbocycles. The van der Waals surface area contributed by atoms with Crippen LogP contribution in [0.1, 0.15) is 45.5 Å². The quantitative estimate of drug-likeness (QED) is 0.472. The molecule has 0 bridgehead atoms. The van der Waals surface area contributed by atoms with Gasteiger partial charge in [-0.05, 0) is 31.4 Å². The lowest BCUT2D eigenvalue weighted by atomic mass is 10.0. The fourth-order valence-corrected chi connectivity index (χ4v) is 2.45. The molecule has 2 rings (SSSR count). The molecule has 6 heteroatoms. The third-order valence-corrected chi connectivity index (χ3v) is 3.99. The van der Waals surface area contributed by atoms with Gasteiger partial charge in [0.1, 0.15) is 6.04 Å². The highest BCUT2D eigenvalue weighted by Gasteiger charge is 2.12. The van der Waals surface area contributed by atoms with Gasteiger partial charge in [-0.1, -0.05) is 42.5 Å². The van der Waals surface area contributed by atoms with E-state index in [0.29, 0.717) is 42.5 Å². The van der Waals surface area contributed by atoms with Crippen molar-refractivity contribution in [3.8, 4) is 0 Å². The highest BCUT2D eigenvalue weighted by molar-refractivity contribution is 6.09. The van der Waals surface area contributed by atoms with Crippen LogP contribution < -0.4 is 11.1 Å². The fraction of sp³-hybridized carbons (Fsp3) is 0.250. The summed E-state index contributed by atoms with van der Waals surface area (Å²) >= 11 is 0. The maximum absolute atomic E-state index is 12.3. The number of ketones is 1. The van der Waals surface area contributed by atoms with E-state index in [1.54, 1.807) is 48.5 Å². The molecule has 0 heterocycles. The second-order valence-corrected chi connectivity index (χ2v) is 5.97. The largest absolute Gasteiger partial charge is 0.480 e. The number of nitrogens with two attached hydrogens (primary N) is 1. The van der Waals surface area contributed by atoms with E-state index >= 15 is 0 Å². The summed E-state index contributed by atoms with van der Waals surface area (Å²) < 4.78 is 0. The summed E-state index contributed by atoms with van der Waals surface area (Å²) in [6, 6.07) is 14.6. The minimum Gasteiger partial charge on any atom is -0.480 e. The average molecular weight is 354 g/mol. The second-order valence-electron chi connectivity index (χ2n) is 5.97. The van der Waals surface area contributed by atoms with E-state index in [0.717, 1.165) is 0 Å². The molecule has 0 aliphatic carbocycles. The van der Waals surface area contributed by atoms with Gasteiger partial charge in [0.05, 0.1) is 0 Å². The lowest BCUT2D eigenvalue weighted by Crippen LogP contribution is -2.30. The standard InChI is InChI=1S/C20H22N2O4/c21-17(20(25)26)8-4-5-13-22-19(24)16-11-9-15(10-12-16)18(23)14-6-2-1-3-7-14/h1-3,6-7,9-12,17H,4-5,8,13,21H2,(H,22,24)(H,25,26)/t17-/m0/s1. The molecule has 0 unspecified atom stereocenters. The summed E-state index contributed by atoms with van der Waals surface area (Å²) in [5, 5.41) is 11.5. The molecule has 26 heavy (non-hydrogen) atoms. The topological polar surface area (TPSA) is 109 Å². The molecule has 0 radical (unpaired) electrons. The SMILES string of the molecule is N[C@@H](CCCCNC(=O)c1ccc(C(=O)c2ccccc2)cc1)C(=O)O. The maximum Gasteiger partial charge on any atom is 0.320 e. The summed E-state index contributed by atoms with van der Waals surface area (Å²) in [5.74, 6) is -1.34. The van der Waals surface area contributed by atoms with Crippen LogP contribution in [0.25, 0.3) is 0 Å². The average Bonchev–Trinajstić information content (AvgIpc) is 2.67. The van der Waals surface area contributed by atoms with Gasteiger partial charge in [0, 0.05) is 23.2 Å². The van der Waals surface area contributed by atoms with Gasteiger partial charge in [0.2, 0.25) is 0 Å². The Morgan fingerprint density at radius 2 is 1.46 bits per heavy atom. The van der Waals surface area contributed by atoms with Gasteiger partial charge in [-0.2, -0.15) is 0 Å². The smallest absolute Gasteiger partial charge is 0.320 e. The minimum absolute atomic E-state index is 0.0904. The number of carboxylic acids is 1. The third kappa shape index (κ3) is 5.53. The van der Waals surface area contributed by atoms with Crippen LogP contribution in [0.3, 0.4) is 0 Å². The normalized spacial score (nSPS) is 11.6. The Balaban J connectivity index is 1.81. The molecule has 1 atom stereocenters. The van der Waals surface area contributed by atoms with Crippen molar-refractivity contribution in [3.63, 3.8) is 0 Å². The summed E-state index contributed by atoms with van der Waals surface area (Å²) in [7, 11) is 0. The van der Waals surface area contributed by atoms with E-state index in [1.807, 2.05) is 6.07 Å². The molecule has 0 fully saturated rings. The molecule has 0 aliphatic heterocycles. The number of aliphatic carboxylic acids is 1. The summed E-state index contributed by atoms with van der Waals surface area (Å²) in [6.45, 7) is 0.440. The van der Waals surface area contributed by atoms with Gasteiger partial charge in [-0.3, -0.25) is 14.4 Å². The molecule has 136 valence electrons. The van der Waals surface area contributed by atoms with E-state index < -0.39 is 12.0 Å². The number of rotatable bonds is 9. The van der Waals surface area contributed by atoms with Gasteiger partial charge >= 0.3 is 5.97 Å². The molecule has 2 aromatic carbocycles. The Hall–Kier alpha value is -2.99. The van der Waals surface area contributed by atoms with E-state index in [4.69, 9.17) is 10.8 Å². The van der Waals surface area contributed by atoms with Crippen molar-refractivity contribution in [1.82, 2.24) is 5.32 Å². The molecular weight excluding hydrogens is 332 g/mol. The number of carboxylic acid groups (broad SMARTS) is 1. The predicted molar refractivity (Wildman–Crippen MR) is 98.1 cm³/mol. The lowest BCUT2D eigenvalue weighted by Gasteiger charge is -2.08. The Morgan fingerprint density at radius 3 is 2.08 bits per heavy atom. The van der Waals surface area contributed by atoms with Crippen molar-refractivity contribution >= 4 is 17.7 Å². The molecule has 1 amide bonds. The molecule has 2 aromatic rings. The van der Waals surface area contributed by atoms with Gasteiger partial charge in [-0.15, -0.1) is 0 Å². The van der Waals surface area contributed by atoms with Crippen molar-refractivity contribution < 1.29 is 19.5 Å². The molecule has 0 aromatic heterocycles. The fourth-order valence-electron chi connectivity index (χ4n) is 2.45. The van der Waals surface area contributed by atoms with Gasteiger partial charge < -0.3 is 16.2 Å². The molecule has 0 saturated heterocycles. The summed E-state index contributed by atoms with van der Waals surface area (Å²) in [5.41, 5.74) is 7.01. The Morgan fingerprint density at radius 1 is 0.885 bits per heavy atom. The van der Waals surface area contributed by atoms with Crippen LogP contribution >= 0.6 is 0 Å². The minimum atomic E-state index is -1.01. The number of benzene rings is 2. The number of hydrogen-bond acceptors (Lipinski definition) is 4. The third-order valence-electron chi connectivity index (χ3n) is 3.99. The number of nitrogens with one attached hydrogen (secondary N) is 1. The van der Waals surface area contributed by atoms with Gasteiger partial charge in [0.25, 0.3) is 5.91 Å². The van der Waals surface area contributed by atoms with Crippen molar-refractivity contribution in [1.29, 1.82) is 0 Å². The summed E-state index contributed by atoms with van der Waals surface area (Å²) in [6.07, 6.45) is 1.65. The Labute approximate surface area is 152 Å². The van der Waals surface area contributed by atoms with Crippen molar-refractivity contribution in [3.05, 3.63) is 71.3 Å². The van der Waals surface area contributed by atoms with E-state index in [2.05, 4.69) is 5.32 Å². The number of carbonyl (C=O) groups is 3. The van der Waals surface area contributed by atoms with Crippen molar-refractivity contribution in [2.45, 2.75) is 25.3 Å². The van der Waals surface area contributed by atoms with Gasteiger partial charge in [0.15, 0.2) is 5.78 Å². The Kier molecular flexibility index (Phi) is 7.05. The van der Waals surface area contributed by atoms with Crippen LogP contribution in [-0.4, -0.2) is 35.4 Å². The first-order valence-electron chi connectivity index (χ1n) is 8.45. The molecule has 4 N–H and O–H groups in total. The first-order chi connectivity index (χ1) is 12.5. The zero-order valence-corrected chi connectivity index (χ0v) is 14.4. The molecule has 0 aliphatic rings. The lowest BCUT2D eigenvalue weighted by molar-refractivity contribution is -0.138. The number of amides is 1. The Bertz CT molecular complexity index is 757. The van der Waals surface area contributed by atoms with E-state index in [1.165, 1.54) is 0 Å². The molecular formula is C20H22N2O4. The van der Waals surface area contributed by atoms with Crippen molar-refractivity contribution in [2.24, 2.45) is 5.73 Å². The number of carbonyl (C=O) groups excluding carboxylic acids is 2. The monoisotopic (exact) mass is 354 g/mol. The van der Waals surface area contributed by atoms with Crippen LogP contribution in [0.5, 0.6) is 0 Å². The van der Waals surface area contributed by atoms with E-state index in [-0.39, 0.29) is 11.7 Å². The molecule has 0 spiro atoms. The highest BCUT2D eigenvalue weighted by Crippen LogP contribution is 2.11. The van der Waals surface area contributed by atoms with Crippen LogP contribution in [0, 0.1) is 0 Å². The predicted octanol–water partition coefficient (Wildman–Crippen LogP) is 2.23. The zero-order valence-electron chi connectivity index (χ0n) is 14.4. The zero-order chi connectivity index (χ0) is 18.9. The van der Waals surface area contributed by atoms with Crippen LogP contribution in [0.4, 0.5) is 0 Å². The first kappa shape index (κ1) is 19.3. The van der Waals surface area contributed by atoms with Crippen LogP contribution in [0.15, 0.2) is 54.6 Å². The number of unbranched alkanes of at least 4 members (excludes halogenated alkanes) is 1. The van der Waals surface area contributed by atoms with Crippen LogP contribution in [0.2, 0.25) is 0 Å². The maximum atomic E-state index is 12.3. The number of hydrogen-bond donors (Lipinski definition) is 3. The molecule has 6 nitrogen and oxygen atoms in total.